The topological polar surface area (TPSA) is 55.4 Å². The predicted molar refractivity (Wildman–Crippen MR) is 126 cm³/mol. The lowest BCUT2D eigenvalue weighted by molar-refractivity contribution is -0.113. The molecule has 7 heteroatoms. The van der Waals surface area contributed by atoms with Crippen LogP contribution in [0.2, 0.25) is 5.02 Å². The van der Waals surface area contributed by atoms with Crippen LogP contribution < -0.4 is 5.32 Å². The molecule has 1 N–H and O–H groups in total. The van der Waals surface area contributed by atoms with E-state index in [1.807, 2.05) is 50.2 Å². The number of thioether (sulfide) groups is 1. The van der Waals surface area contributed by atoms with Crippen molar-refractivity contribution in [2.45, 2.75) is 25.7 Å². The van der Waals surface area contributed by atoms with E-state index in [-0.39, 0.29) is 18.3 Å². The average molecular weight is 460 g/mol. The Morgan fingerprint density at radius 1 is 1.07 bits per heavy atom. The number of nitrogens with one attached hydrogen (secondary N) is 1. The van der Waals surface area contributed by atoms with E-state index in [9.17, 15) is 9.59 Å². The van der Waals surface area contributed by atoms with Crippen LogP contribution in [0.4, 0.5) is 5.00 Å². The Balaban J connectivity index is 1.85. The number of anilines is 1. The second-order valence-corrected chi connectivity index (χ2v) is 9.32. The van der Waals surface area contributed by atoms with Gasteiger partial charge in [-0.05, 0) is 50.6 Å². The van der Waals surface area contributed by atoms with Gasteiger partial charge in [-0.2, -0.15) is 0 Å². The van der Waals surface area contributed by atoms with Crippen molar-refractivity contribution in [1.29, 1.82) is 0 Å². The molecule has 1 heterocycles. The lowest BCUT2D eigenvalue weighted by Gasteiger charge is -2.09. The third kappa shape index (κ3) is 5.45. The summed E-state index contributed by atoms with van der Waals surface area (Å²) in [7, 11) is 0. The van der Waals surface area contributed by atoms with Crippen molar-refractivity contribution in [3.05, 3.63) is 69.6 Å². The molecular weight excluding hydrogens is 438 g/mol. The molecule has 4 nitrogen and oxygen atoms in total. The molecule has 0 bridgehead atoms. The van der Waals surface area contributed by atoms with Gasteiger partial charge in [0.25, 0.3) is 0 Å². The SMILES string of the molecule is CCOC(=O)c1c(NC(=O)CSc2ccc(C)cc2)sc(C)c1-c1ccc(Cl)cc1. The summed E-state index contributed by atoms with van der Waals surface area (Å²) in [5.41, 5.74) is 3.17. The second kappa shape index (κ2) is 10.2. The highest BCUT2D eigenvalue weighted by Gasteiger charge is 2.25. The van der Waals surface area contributed by atoms with E-state index >= 15 is 0 Å². The second-order valence-electron chi connectivity index (χ2n) is 6.61. The zero-order valence-corrected chi connectivity index (χ0v) is 19.3. The van der Waals surface area contributed by atoms with Gasteiger partial charge in [0.05, 0.1) is 12.4 Å². The molecule has 0 spiro atoms. The third-order valence-corrected chi connectivity index (χ3v) is 6.63. The fourth-order valence-electron chi connectivity index (χ4n) is 2.94. The summed E-state index contributed by atoms with van der Waals surface area (Å²) in [4.78, 5) is 27.3. The van der Waals surface area contributed by atoms with E-state index in [1.54, 1.807) is 19.1 Å². The Hall–Kier alpha value is -2.28. The quantitative estimate of drug-likeness (QED) is 0.319. The highest BCUT2D eigenvalue weighted by Crippen LogP contribution is 2.40. The Morgan fingerprint density at radius 2 is 1.73 bits per heavy atom. The van der Waals surface area contributed by atoms with Crippen molar-refractivity contribution in [2.75, 3.05) is 17.7 Å². The van der Waals surface area contributed by atoms with Crippen LogP contribution in [0.15, 0.2) is 53.4 Å². The van der Waals surface area contributed by atoms with Crippen LogP contribution in [0.3, 0.4) is 0 Å². The van der Waals surface area contributed by atoms with Crippen LogP contribution in [0.25, 0.3) is 11.1 Å². The van der Waals surface area contributed by atoms with Crippen molar-refractivity contribution >= 4 is 51.6 Å². The standard InChI is InChI=1S/C23H22ClNO3S2/c1-4-28-23(27)21-20(16-7-9-17(24)10-8-16)15(3)30-22(21)25-19(26)13-29-18-11-5-14(2)6-12-18/h5-12H,4,13H2,1-3H3,(H,25,26). The van der Waals surface area contributed by atoms with E-state index in [0.29, 0.717) is 15.6 Å². The maximum absolute atomic E-state index is 12.7. The van der Waals surface area contributed by atoms with Crippen molar-refractivity contribution in [2.24, 2.45) is 0 Å². The number of carbonyl (C=O) groups excluding carboxylic acids is 2. The first-order valence-corrected chi connectivity index (χ1v) is 11.6. The number of amides is 1. The number of halogens is 1. The van der Waals surface area contributed by atoms with Gasteiger partial charge >= 0.3 is 5.97 Å². The highest BCUT2D eigenvalue weighted by atomic mass is 35.5. The van der Waals surface area contributed by atoms with E-state index in [1.165, 1.54) is 28.7 Å². The molecule has 1 aromatic heterocycles. The van der Waals surface area contributed by atoms with Crippen molar-refractivity contribution in [3.63, 3.8) is 0 Å². The Labute approximate surface area is 189 Å². The maximum atomic E-state index is 12.7. The molecule has 0 atom stereocenters. The first kappa shape index (κ1) is 22.4. The summed E-state index contributed by atoms with van der Waals surface area (Å²) in [5, 5.41) is 4.03. The van der Waals surface area contributed by atoms with Gasteiger partial charge in [0.1, 0.15) is 10.6 Å². The minimum atomic E-state index is -0.451. The average Bonchev–Trinajstić information content (AvgIpc) is 3.04. The van der Waals surface area contributed by atoms with E-state index in [2.05, 4.69) is 5.32 Å². The smallest absolute Gasteiger partial charge is 0.341 e. The minimum Gasteiger partial charge on any atom is -0.462 e. The summed E-state index contributed by atoms with van der Waals surface area (Å²) in [6.07, 6.45) is 0. The molecule has 0 aliphatic heterocycles. The number of carbonyl (C=O) groups is 2. The fraction of sp³-hybridized carbons (Fsp3) is 0.217. The first-order chi connectivity index (χ1) is 14.4. The Kier molecular flexibility index (Phi) is 7.58. The first-order valence-electron chi connectivity index (χ1n) is 9.44. The molecule has 30 heavy (non-hydrogen) atoms. The molecule has 3 aromatic rings. The van der Waals surface area contributed by atoms with Gasteiger partial charge in [-0.15, -0.1) is 23.1 Å². The molecule has 0 aliphatic rings. The number of esters is 1. The molecule has 1 amide bonds. The third-order valence-electron chi connectivity index (χ3n) is 4.34. The van der Waals surface area contributed by atoms with Crippen LogP contribution >= 0.6 is 34.7 Å². The van der Waals surface area contributed by atoms with Crippen LogP contribution in [0.1, 0.15) is 27.7 Å². The van der Waals surface area contributed by atoms with E-state index in [4.69, 9.17) is 16.3 Å². The van der Waals surface area contributed by atoms with Crippen molar-refractivity contribution in [3.8, 4) is 11.1 Å². The molecule has 2 aromatic carbocycles. The fourth-order valence-corrected chi connectivity index (χ4v) is 4.85. The number of rotatable bonds is 7. The summed E-state index contributed by atoms with van der Waals surface area (Å²) >= 11 is 8.83. The number of thiophene rings is 1. The van der Waals surface area contributed by atoms with Gasteiger partial charge < -0.3 is 10.1 Å². The number of aryl methyl sites for hydroxylation is 2. The summed E-state index contributed by atoms with van der Waals surface area (Å²) in [6, 6.07) is 15.3. The van der Waals surface area contributed by atoms with Gasteiger partial charge in [0.15, 0.2) is 0 Å². The Morgan fingerprint density at radius 3 is 2.37 bits per heavy atom. The largest absolute Gasteiger partial charge is 0.462 e. The van der Waals surface area contributed by atoms with E-state index < -0.39 is 5.97 Å². The summed E-state index contributed by atoms with van der Waals surface area (Å²) in [5.74, 6) is -0.373. The summed E-state index contributed by atoms with van der Waals surface area (Å²) in [6.45, 7) is 5.96. The van der Waals surface area contributed by atoms with Gasteiger partial charge in [0, 0.05) is 20.4 Å². The normalized spacial score (nSPS) is 10.7. The van der Waals surface area contributed by atoms with Gasteiger partial charge in [0.2, 0.25) is 5.91 Å². The molecule has 0 saturated carbocycles. The van der Waals surface area contributed by atoms with Gasteiger partial charge in [-0.3, -0.25) is 4.79 Å². The lowest BCUT2D eigenvalue weighted by Crippen LogP contribution is -2.16. The predicted octanol–water partition coefficient (Wildman–Crippen LogP) is 6.59. The van der Waals surface area contributed by atoms with E-state index in [0.717, 1.165) is 20.9 Å². The highest BCUT2D eigenvalue weighted by molar-refractivity contribution is 8.00. The maximum Gasteiger partial charge on any atom is 0.341 e. The summed E-state index contributed by atoms with van der Waals surface area (Å²) < 4.78 is 5.28. The van der Waals surface area contributed by atoms with Crippen LogP contribution in [0.5, 0.6) is 0 Å². The molecule has 0 unspecified atom stereocenters. The molecule has 0 fully saturated rings. The molecule has 156 valence electrons. The number of hydrogen-bond donors (Lipinski definition) is 1. The molecular formula is C23H22ClNO3S2. The molecule has 0 aliphatic carbocycles. The lowest BCUT2D eigenvalue weighted by atomic mass is 10.0. The molecule has 0 saturated heterocycles. The minimum absolute atomic E-state index is 0.171. The van der Waals surface area contributed by atoms with Crippen LogP contribution in [0, 0.1) is 13.8 Å². The Bertz CT molecular complexity index is 1040. The zero-order chi connectivity index (χ0) is 21.7. The van der Waals surface area contributed by atoms with Crippen LogP contribution in [-0.2, 0) is 9.53 Å². The zero-order valence-electron chi connectivity index (χ0n) is 17.0. The van der Waals surface area contributed by atoms with Gasteiger partial charge in [-0.25, -0.2) is 4.79 Å². The van der Waals surface area contributed by atoms with Crippen molar-refractivity contribution in [1.82, 2.24) is 0 Å². The number of ether oxygens (including phenoxy) is 1. The van der Waals surface area contributed by atoms with Crippen molar-refractivity contribution < 1.29 is 14.3 Å². The van der Waals surface area contributed by atoms with Gasteiger partial charge in [-0.1, -0.05) is 41.4 Å². The number of hydrogen-bond acceptors (Lipinski definition) is 5. The molecule has 0 radical (unpaired) electrons. The number of benzene rings is 2. The monoisotopic (exact) mass is 459 g/mol. The van der Waals surface area contributed by atoms with Crippen LogP contribution in [-0.4, -0.2) is 24.2 Å². The molecule has 3 rings (SSSR count).